The number of rotatable bonds is 9. The minimum Gasteiger partial charge on any atom is -0.495 e. The molecule has 3 aromatic carbocycles. The largest absolute Gasteiger partial charge is 0.495 e. The van der Waals surface area contributed by atoms with E-state index >= 15 is 0 Å². The quantitative estimate of drug-likeness (QED) is 0.197. The van der Waals surface area contributed by atoms with E-state index in [9.17, 15) is 4.79 Å². The van der Waals surface area contributed by atoms with E-state index in [2.05, 4.69) is 21.2 Å². The first kappa shape index (κ1) is 26.8. The van der Waals surface area contributed by atoms with Gasteiger partial charge >= 0.3 is 0 Å². The monoisotopic (exact) mass is 526 g/mol. The summed E-state index contributed by atoms with van der Waals surface area (Å²) in [6.07, 6.45) is 1.60. The van der Waals surface area contributed by atoms with E-state index < -0.39 is 0 Å². The smallest absolute Gasteiger partial charge is 0.262 e. The summed E-state index contributed by atoms with van der Waals surface area (Å²) in [5.41, 5.74) is 7.17. The number of hydrogen-bond donors (Lipinski definition) is 3. The Morgan fingerprint density at radius 3 is 2.47 bits per heavy atom. The molecule has 188 valence electrons. The fourth-order valence-electron chi connectivity index (χ4n) is 3.17. The number of hydrogen-bond acceptors (Lipinski definition) is 6. The van der Waals surface area contributed by atoms with Gasteiger partial charge in [0.25, 0.3) is 5.91 Å². The molecule has 0 spiro atoms. The molecule has 0 aliphatic rings. The number of benzene rings is 3. The first-order valence-electron chi connectivity index (χ1n) is 10.9. The third kappa shape index (κ3) is 7.59. The Morgan fingerprint density at radius 1 is 0.944 bits per heavy atom. The number of hydrazone groups is 1. The highest BCUT2D eigenvalue weighted by Gasteiger charge is 2.11. The van der Waals surface area contributed by atoms with Gasteiger partial charge in [-0.05, 0) is 79.2 Å². The normalized spacial score (nSPS) is 10.6. The van der Waals surface area contributed by atoms with Crippen LogP contribution < -0.4 is 30.3 Å². The third-order valence-corrected chi connectivity index (χ3v) is 5.43. The lowest BCUT2D eigenvalue weighted by Crippen LogP contribution is -2.24. The second-order valence-electron chi connectivity index (χ2n) is 7.73. The number of carbonyl (C=O) groups is 1. The van der Waals surface area contributed by atoms with Crippen LogP contribution in [0.25, 0.3) is 0 Å². The number of carbonyl (C=O) groups excluding carboxylic acids is 1. The van der Waals surface area contributed by atoms with Crippen LogP contribution >= 0.6 is 23.8 Å². The maximum absolute atomic E-state index is 12.4. The SMILES string of the molecule is COc1cc(Cl)ccc1NC(=O)COc1ccc(C=NNC(=S)Nc2cc(C)ccc2C)cc1OC. The molecule has 0 unspecified atom stereocenters. The Labute approximate surface area is 220 Å². The van der Waals surface area contributed by atoms with E-state index in [0.29, 0.717) is 33.1 Å². The highest BCUT2D eigenvalue weighted by Crippen LogP contribution is 2.29. The van der Waals surface area contributed by atoms with E-state index in [1.165, 1.54) is 14.2 Å². The Hall–Kier alpha value is -3.82. The standard InChI is InChI=1S/C26H27ClN4O4S/c1-16-5-6-17(2)21(11-16)30-26(36)31-28-14-18-7-10-22(24(12-18)34-4)35-15-25(32)29-20-9-8-19(27)13-23(20)33-3/h5-14H,15H2,1-4H3,(H,29,32)(H2,30,31,36). The van der Waals surface area contributed by atoms with Gasteiger partial charge in [-0.25, -0.2) is 0 Å². The van der Waals surface area contributed by atoms with Crippen LogP contribution in [0, 0.1) is 13.8 Å². The summed E-state index contributed by atoms with van der Waals surface area (Å²) < 4.78 is 16.3. The fraction of sp³-hybridized carbons (Fsp3) is 0.192. The van der Waals surface area contributed by atoms with Crippen molar-refractivity contribution in [2.75, 3.05) is 31.5 Å². The highest BCUT2D eigenvalue weighted by atomic mass is 35.5. The van der Waals surface area contributed by atoms with Crippen molar-refractivity contribution in [3.05, 3.63) is 76.3 Å². The zero-order valence-corrected chi connectivity index (χ0v) is 21.9. The van der Waals surface area contributed by atoms with E-state index in [4.69, 9.17) is 38.0 Å². The minimum atomic E-state index is -0.364. The van der Waals surface area contributed by atoms with Gasteiger partial charge in [0, 0.05) is 16.8 Å². The average molecular weight is 527 g/mol. The number of nitrogens with zero attached hydrogens (tertiary/aromatic N) is 1. The fourth-order valence-corrected chi connectivity index (χ4v) is 3.49. The second-order valence-corrected chi connectivity index (χ2v) is 8.58. The van der Waals surface area contributed by atoms with Crippen molar-refractivity contribution >= 4 is 52.4 Å². The second kappa shape index (κ2) is 12.8. The summed E-state index contributed by atoms with van der Waals surface area (Å²) >= 11 is 11.3. The van der Waals surface area contributed by atoms with Crippen molar-refractivity contribution in [1.82, 2.24) is 5.43 Å². The number of amides is 1. The van der Waals surface area contributed by atoms with Gasteiger partial charge in [0.15, 0.2) is 23.2 Å². The van der Waals surface area contributed by atoms with Crippen LogP contribution in [0.15, 0.2) is 59.7 Å². The first-order valence-corrected chi connectivity index (χ1v) is 11.7. The molecule has 36 heavy (non-hydrogen) atoms. The van der Waals surface area contributed by atoms with Crippen LogP contribution in [0.5, 0.6) is 17.2 Å². The molecule has 0 aliphatic carbocycles. The molecule has 1 amide bonds. The number of nitrogens with one attached hydrogen (secondary N) is 3. The van der Waals surface area contributed by atoms with Crippen molar-refractivity contribution in [3.8, 4) is 17.2 Å². The van der Waals surface area contributed by atoms with Crippen LogP contribution in [0.3, 0.4) is 0 Å². The zero-order chi connectivity index (χ0) is 26.1. The Morgan fingerprint density at radius 2 is 1.72 bits per heavy atom. The molecule has 0 saturated heterocycles. The van der Waals surface area contributed by atoms with Crippen molar-refractivity contribution in [2.24, 2.45) is 5.10 Å². The summed E-state index contributed by atoms with van der Waals surface area (Å²) in [6, 6.07) is 16.2. The molecule has 10 heteroatoms. The molecule has 0 atom stereocenters. The van der Waals surface area contributed by atoms with Crippen LogP contribution in [0.2, 0.25) is 5.02 Å². The molecule has 3 N–H and O–H groups in total. The van der Waals surface area contributed by atoms with Gasteiger partial charge in [-0.2, -0.15) is 5.10 Å². The van der Waals surface area contributed by atoms with Crippen LogP contribution in [-0.2, 0) is 4.79 Å². The number of thiocarbonyl (C=S) groups is 1. The molecule has 0 aliphatic heterocycles. The average Bonchev–Trinajstić information content (AvgIpc) is 2.86. The van der Waals surface area contributed by atoms with Gasteiger partial charge < -0.3 is 24.8 Å². The first-order chi connectivity index (χ1) is 17.3. The van der Waals surface area contributed by atoms with Crippen molar-refractivity contribution in [1.29, 1.82) is 0 Å². The molecular weight excluding hydrogens is 500 g/mol. The maximum Gasteiger partial charge on any atom is 0.262 e. The van der Waals surface area contributed by atoms with E-state index in [1.54, 1.807) is 42.6 Å². The van der Waals surface area contributed by atoms with E-state index in [-0.39, 0.29) is 12.5 Å². The molecule has 0 saturated carbocycles. The zero-order valence-electron chi connectivity index (χ0n) is 20.3. The Kier molecular flexibility index (Phi) is 9.49. The summed E-state index contributed by atoms with van der Waals surface area (Å²) in [4.78, 5) is 12.4. The molecule has 3 aromatic rings. The molecule has 0 heterocycles. The third-order valence-electron chi connectivity index (χ3n) is 5.01. The molecule has 3 rings (SSSR count). The summed E-state index contributed by atoms with van der Waals surface area (Å²) in [7, 11) is 3.02. The van der Waals surface area contributed by atoms with Gasteiger partial charge in [0.1, 0.15) is 5.75 Å². The van der Waals surface area contributed by atoms with Crippen molar-refractivity contribution in [2.45, 2.75) is 13.8 Å². The predicted molar refractivity (Wildman–Crippen MR) is 148 cm³/mol. The van der Waals surface area contributed by atoms with Crippen LogP contribution in [0.1, 0.15) is 16.7 Å². The molecule has 0 aromatic heterocycles. The van der Waals surface area contributed by atoms with Crippen molar-refractivity contribution in [3.63, 3.8) is 0 Å². The number of methoxy groups -OCH3 is 2. The molecule has 8 nitrogen and oxygen atoms in total. The van der Waals surface area contributed by atoms with E-state index in [1.807, 2.05) is 32.0 Å². The van der Waals surface area contributed by atoms with Crippen LogP contribution in [0.4, 0.5) is 11.4 Å². The topological polar surface area (TPSA) is 93.2 Å². The summed E-state index contributed by atoms with van der Waals surface area (Å²) in [6.45, 7) is 3.79. The van der Waals surface area contributed by atoms with Gasteiger partial charge in [-0.3, -0.25) is 10.2 Å². The molecule has 0 fully saturated rings. The maximum atomic E-state index is 12.4. The summed E-state index contributed by atoms with van der Waals surface area (Å²) in [5, 5.41) is 10.9. The van der Waals surface area contributed by atoms with Gasteiger partial charge in [0.05, 0.1) is 26.1 Å². The lowest BCUT2D eigenvalue weighted by atomic mass is 10.1. The molecule has 0 bridgehead atoms. The van der Waals surface area contributed by atoms with Crippen LogP contribution in [-0.4, -0.2) is 38.1 Å². The Balaban J connectivity index is 1.56. The van der Waals surface area contributed by atoms with Gasteiger partial charge in [-0.15, -0.1) is 0 Å². The number of ether oxygens (including phenoxy) is 3. The lowest BCUT2D eigenvalue weighted by Gasteiger charge is -2.13. The minimum absolute atomic E-state index is 0.227. The molecular formula is C26H27ClN4O4S. The summed E-state index contributed by atoms with van der Waals surface area (Å²) in [5.74, 6) is 0.951. The van der Waals surface area contributed by atoms with Gasteiger partial charge in [-0.1, -0.05) is 23.7 Å². The predicted octanol–water partition coefficient (Wildman–Crippen LogP) is 5.31. The lowest BCUT2D eigenvalue weighted by molar-refractivity contribution is -0.118. The van der Waals surface area contributed by atoms with Gasteiger partial charge in [0.2, 0.25) is 0 Å². The van der Waals surface area contributed by atoms with Crippen molar-refractivity contribution < 1.29 is 19.0 Å². The number of anilines is 2. The van der Waals surface area contributed by atoms with E-state index in [0.717, 1.165) is 22.4 Å². The number of aryl methyl sites for hydroxylation is 2. The Bertz CT molecular complexity index is 1280. The highest BCUT2D eigenvalue weighted by molar-refractivity contribution is 7.80. The number of halogens is 1. The molecule has 0 radical (unpaired) electrons.